The van der Waals surface area contributed by atoms with Crippen molar-refractivity contribution in [1.29, 1.82) is 0 Å². The lowest BCUT2D eigenvalue weighted by Crippen LogP contribution is -2.62. The minimum absolute atomic E-state index is 0.0181. The van der Waals surface area contributed by atoms with E-state index in [1.807, 2.05) is 13.8 Å². The molecule has 0 aromatic carbocycles. The van der Waals surface area contributed by atoms with Crippen LogP contribution in [0.15, 0.2) is 27.7 Å². The third-order valence-electron chi connectivity index (χ3n) is 6.34. The molecule has 0 saturated carbocycles. The van der Waals surface area contributed by atoms with Gasteiger partial charge in [0.1, 0.15) is 11.5 Å². The van der Waals surface area contributed by atoms with Crippen molar-refractivity contribution in [2.75, 3.05) is 5.75 Å². The largest absolute Gasteiger partial charge is 0.503 e. The number of hydrogen-bond acceptors (Lipinski definition) is 7. The molecule has 3 rings (SSSR count). The predicted molar refractivity (Wildman–Crippen MR) is 120 cm³/mol. The zero-order valence-corrected chi connectivity index (χ0v) is 19.2. The van der Waals surface area contributed by atoms with Crippen LogP contribution in [0, 0.1) is 17.8 Å². The first-order valence-electron chi connectivity index (χ1n) is 10.7. The number of nitrogens with two attached hydrogens (primary N) is 1. The smallest absolute Gasteiger partial charge is 0.353 e. The second-order valence-corrected chi connectivity index (χ2v) is 9.50. The maximum atomic E-state index is 12.8. The summed E-state index contributed by atoms with van der Waals surface area (Å²) in [6, 6.07) is 1.03. The van der Waals surface area contributed by atoms with E-state index in [0.717, 1.165) is 0 Å². The zero-order chi connectivity index (χ0) is 23.7. The summed E-state index contributed by atoms with van der Waals surface area (Å²) in [6.45, 7) is 6.11. The Morgan fingerprint density at radius 2 is 2.00 bits per heavy atom. The van der Waals surface area contributed by atoms with Crippen LogP contribution >= 0.6 is 11.8 Å². The maximum Gasteiger partial charge on any atom is 0.353 e. The molecule has 0 aliphatic carbocycles. The average Bonchev–Trinajstić information content (AvgIpc) is 2.98. The quantitative estimate of drug-likeness (QED) is 0.443. The molecule has 0 bridgehead atoms. The molecule has 1 fully saturated rings. The number of carbonyl (C=O) groups is 3. The zero-order valence-electron chi connectivity index (χ0n) is 18.4. The molecule has 174 valence electrons. The number of thioether (sulfide) groups is 1. The molecule has 2 aliphatic heterocycles. The van der Waals surface area contributed by atoms with E-state index < -0.39 is 11.4 Å². The molecule has 1 amide bonds. The summed E-state index contributed by atoms with van der Waals surface area (Å²) < 4.78 is 1.67. The van der Waals surface area contributed by atoms with Crippen LogP contribution in [0.3, 0.4) is 0 Å². The van der Waals surface area contributed by atoms with Crippen molar-refractivity contribution >= 4 is 29.4 Å². The van der Waals surface area contributed by atoms with Crippen molar-refractivity contribution in [2.24, 2.45) is 23.5 Å². The Kier molecular flexibility index (Phi) is 7.14. The number of carboxylic acid groups (broad SMARTS) is 1. The number of ketones is 1. The molecular weight excluding hydrogens is 434 g/mol. The number of aromatic nitrogens is 1. The SMILES string of the molecule is CCC(=O)C[C@H](C)[C@H]1C(=O)N2C(C(=O)O)=C(SCCn3cc(O)c(=O)cc3CN)[C@H](C)[C@H]12. The van der Waals surface area contributed by atoms with E-state index in [1.54, 1.807) is 11.5 Å². The van der Waals surface area contributed by atoms with Gasteiger partial charge in [-0.2, -0.15) is 0 Å². The van der Waals surface area contributed by atoms with Gasteiger partial charge in [-0.05, 0) is 5.92 Å². The van der Waals surface area contributed by atoms with Crippen LogP contribution in [0.1, 0.15) is 39.3 Å². The second-order valence-electron chi connectivity index (χ2n) is 8.37. The first kappa shape index (κ1) is 24.1. The number of rotatable bonds is 10. The van der Waals surface area contributed by atoms with Gasteiger partial charge in [0.15, 0.2) is 5.75 Å². The van der Waals surface area contributed by atoms with Crippen LogP contribution in [0.2, 0.25) is 0 Å². The van der Waals surface area contributed by atoms with Crippen molar-refractivity contribution in [3.8, 4) is 5.75 Å². The minimum atomic E-state index is -1.14. The minimum Gasteiger partial charge on any atom is -0.503 e. The number of aromatic hydroxyl groups is 1. The highest BCUT2D eigenvalue weighted by Gasteiger charge is 2.59. The molecule has 1 aromatic rings. The normalized spacial score (nSPS) is 23.2. The number of Topliss-reactive ketones (excluding diaryl/α,β-unsaturated/α-hetero) is 1. The van der Waals surface area contributed by atoms with Gasteiger partial charge in [0, 0.05) is 54.3 Å². The summed E-state index contributed by atoms with van der Waals surface area (Å²) in [5.74, 6) is -1.87. The monoisotopic (exact) mass is 463 g/mol. The van der Waals surface area contributed by atoms with Crippen LogP contribution in [0.4, 0.5) is 0 Å². The van der Waals surface area contributed by atoms with E-state index in [2.05, 4.69) is 0 Å². The molecule has 10 heteroatoms. The van der Waals surface area contributed by atoms with Gasteiger partial charge < -0.3 is 25.4 Å². The molecule has 0 spiro atoms. The van der Waals surface area contributed by atoms with Crippen LogP contribution in [0.25, 0.3) is 0 Å². The lowest BCUT2D eigenvalue weighted by molar-refractivity contribution is -0.160. The Morgan fingerprint density at radius 3 is 2.59 bits per heavy atom. The number of aryl methyl sites for hydroxylation is 1. The number of aliphatic carboxylic acids is 1. The highest BCUT2D eigenvalue weighted by molar-refractivity contribution is 8.03. The van der Waals surface area contributed by atoms with E-state index in [0.29, 0.717) is 35.7 Å². The van der Waals surface area contributed by atoms with Crippen LogP contribution < -0.4 is 11.2 Å². The third-order valence-corrected chi connectivity index (χ3v) is 7.61. The summed E-state index contributed by atoms with van der Waals surface area (Å²) in [5.41, 5.74) is 5.77. The van der Waals surface area contributed by atoms with Gasteiger partial charge in [0.2, 0.25) is 11.3 Å². The van der Waals surface area contributed by atoms with Gasteiger partial charge in [-0.3, -0.25) is 14.4 Å². The van der Waals surface area contributed by atoms with E-state index in [9.17, 15) is 29.4 Å². The fraction of sp³-hybridized carbons (Fsp3) is 0.545. The Bertz CT molecular complexity index is 1030. The molecule has 9 nitrogen and oxygen atoms in total. The Labute approximate surface area is 190 Å². The fourth-order valence-electron chi connectivity index (χ4n) is 4.67. The predicted octanol–water partition coefficient (Wildman–Crippen LogP) is 1.52. The van der Waals surface area contributed by atoms with E-state index in [1.165, 1.54) is 28.9 Å². The second kappa shape index (κ2) is 9.50. The number of fused-ring (bicyclic) bond motifs is 1. The summed E-state index contributed by atoms with van der Waals surface area (Å²) in [4.78, 5) is 50.3. The number of β-lactam (4-membered cyclic amide) rings is 1. The number of carbonyl (C=O) groups excluding carboxylic acids is 2. The van der Waals surface area contributed by atoms with E-state index in [4.69, 9.17) is 5.73 Å². The first-order chi connectivity index (χ1) is 15.1. The Balaban J connectivity index is 1.77. The first-order valence-corrected chi connectivity index (χ1v) is 11.7. The molecular formula is C22H29N3O6S. The highest BCUT2D eigenvalue weighted by atomic mass is 32.2. The summed E-state index contributed by atoms with van der Waals surface area (Å²) in [7, 11) is 0. The number of pyridine rings is 1. The van der Waals surface area contributed by atoms with E-state index >= 15 is 0 Å². The van der Waals surface area contributed by atoms with Gasteiger partial charge in [-0.1, -0.05) is 20.8 Å². The van der Waals surface area contributed by atoms with Gasteiger partial charge in [0.05, 0.1) is 18.2 Å². The van der Waals surface area contributed by atoms with Crippen LogP contribution in [0.5, 0.6) is 5.75 Å². The van der Waals surface area contributed by atoms with Gasteiger partial charge in [-0.15, -0.1) is 11.8 Å². The Morgan fingerprint density at radius 1 is 1.31 bits per heavy atom. The van der Waals surface area contributed by atoms with Crippen molar-refractivity contribution in [3.05, 3.63) is 38.8 Å². The van der Waals surface area contributed by atoms with Crippen LogP contribution in [-0.4, -0.2) is 49.1 Å². The average molecular weight is 464 g/mol. The molecule has 4 N–H and O–H groups in total. The van der Waals surface area contributed by atoms with E-state index in [-0.39, 0.29) is 53.5 Å². The van der Waals surface area contributed by atoms with Gasteiger partial charge >= 0.3 is 5.97 Å². The third kappa shape index (κ3) is 4.21. The molecule has 3 heterocycles. The lowest BCUT2D eigenvalue weighted by atomic mass is 9.73. The van der Waals surface area contributed by atoms with Crippen molar-refractivity contribution in [1.82, 2.24) is 9.47 Å². The molecule has 32 heavy (non-hydrogen) atoms. The molecule has 4 atom stereocenters. The molecule has 0 unspecified atom stereocenters. The highest BCUT2D eigenvalue weighted by Crippen LogP contribution is 2.52. The molecule has 0 radical (unpaired) electrons. The summed E-state index contributed by atoms with van der Waals surface area (Å²) in [5, 5.41) is 19.5. The fourth-order valence-corrected chi connectivity index (χ4v) is 5.91. The van der Waals surface area contributed by atoms with Crippen molar-refractivity contribution in [2.45, 2.75) is 52.7 Å². The molecule has 1 aromatic heterocycles. The number of amides is 1. The van der Waals surface area contributed by atoms with Crippen molar-refractivity contribution in [3.63, 3.8) is 0 Å². The summed E-state index contributed by atoms with van der Waals surface area (Å²) >= 11 is 1.35. The maximum absolute atomic E-state index is 12.8. The lowest BCUT2D eigenvalue weighted by Gasteiger charge is -2.47. The number of hydrogen-bond donors (Lipinski definition) is 3. The number of carboxylic acids is 1. The Hall–Kier alpha value is -2.59. The van der Waals surface area contributed by atoms with Gasteiger partial charge in [-0.25, -0.2) is 4.79 Å². The molecule has 2 aliphatic rings. The molecule has 1 saturated heterocycles. The summed E-state index contributed by atoms with van der Waals surface area (Å²) in [6.07, 6.45) is 2.06. The van der Waals surface area contributed by atoms with Gasteiger partial charge in [0.25, 0.3) is 0 Å². The standard InChI is InChI=1S/C22H29N3O6S/c1-4-14(26)7-11(2)17-18-12(3)20(19(22(30)31)25(18)21(17)29)32-6-5-24-10-16(28)15(27)8-13(24)9-23/h8,10-12,17-18,28H,4-7,9,23H2,1-3H3,(H,30,31)/t11-,12+,17+,18+/m0/s1. The number of nitrogens with zero attached hydrogens (tertiary/aromatic N) is 2. The van der Waals surface area contributed by atoms with Crippen molar-refractivity contribution < 1.29 is 24.6 Å². The van der Waals surface area contributed by atoms with Crippen LogP contribution in [-0.2, 0) is 27.5 Å². The topological polar surface area (TPSA) is 143 Å².